The number of carboxylic acid groups (broad SMARTS) is 1. The van der Waals surface area contributed by atoms with E-state index in [9.17, 15) is 14.0 Å². The Hall–Kier alpha value is -2.46. The molecule has 2 aromatic rings. The number of ketones is 1. The van der Waals surface area contributed by atoms with E-state index in [0.717, 1.165) is 12.2 Å². The number of hydrogen-bond donors (Lipinski definition) is 1. The summed E-state index contributed by atoms with van der Waals surface area (Å²) in [7, 11) is 0. The largest absolute Gasteiger partial charge is 0.478 e. The summed E-state index contributed by atoms with van der Waals surface area (Å²) < 4.78 is 13.8. The highest BCUT2D eigenvalue weighted by atomic mass is 35.5. The Balaban J connectivity index is 2.26. The topological polar surface area (TPSA) is 54.4 Å². The number of halogens is 2. The predicted molar refractivity (Wildman–Crippen MR) is 78.0 cm³/mol. The number of allylic oxidation sites excluding steroid dienone is 1. The number of carboxylic acids is 1. The first kappa shape index (κ1) is 14.9. The third-order valence-corrected chi connectivity index (χ3v) is 3.02. The summed E-state index contributed by atoms with van der Waals surface area (Å²) in [6.07, 6.45) is 1.75. The lowest BCUT2D eigenvalue weighted by Gasteiger charge is -2.04. The van der Waals surface area contributed by atoms with Crippen LogP contribution in [0.1, 0.15) is 10.4 Å². The van der Waals surface area contributed by atoms with E-state index in [1.165, 1.54) is 18.2 Å². The van der Waals surface area contributed by atoms with Crippen LogP contribution in [0.4, 0.5) is 4.39 Å². The maximum atomic E-state index is 13.8. The maximum absolute atomic E-state index is 13.8. The average Bonchev–Trinajstić information content (AvgIpc) is 2.45. The van der Waals surface area contributed by atoms with E-state index in [-0.39, 0.29) is 0 Å². The third-order valence-electron chi connectivity index (χ3n) is 2.79. The molecule has 0 saturated heterocycles. The van der Waals surface area contributed by atoms with Crippen molar-refractivity contribution in [2.45, 2.75) is 0 Å². The van der Waals surface area contributed by atoms with Crippen molar-refractivity contribution in [3.05, 3.63) is 71.0 Å². The highest BCUT2D eigenvalue weighted by Crippen LogP contribution is 2.25. The van der Waals surface area contributed by atoms with Crippen LogP contribution in [0.2, 0.25) is 5.02 Å². The van der Waals surface area contributed by atoms with Gasteiger partial charge in [-0.05, 0) is 29.8 Å². The first-order valence-electron chi connectivity index (χ1n) is 5.98. The molecule has 0 heterocycles. The molecule has 1 N–H and O–H groups in total. The fraction of sp³-hybridized carbons (Fsp3) is 0. The van der Waals surface area contributed by atoms with Gasteiger partial charge in [0, 0.05) is 22.2 Å². The number of hydrogen-bond acceptors (Lipinski definition) is 2. The first-order chi connectivity index (χ1) is 9.97. The third kappa shape index (κ3) is 3.77. The molecule has 5 heteroatoms. The van der Waals surface area contributed by atoms with Crippen LogP contribution >= 0.6 is 11.6 Å². The molecular weight excluding hydrogens is 295 g/mol. The highest BCUT2D eigenvalue weighted by molar-refractivity contribution is 6.30. The summed E-state index contributed by atoms with van der Waals surface area (Å²) in [5, 5.41) is 8.77. The van der Waals surface area contributed by atoms with Crippen LogP contribution in [-0.2, 0) is 4.79 Å². The van der Waals surface area contributed by atoms with Crippen molar-refractivity contribution in [3.8, 4) is 11.1 Å². The van der Waals surface area contributed by atoms with E-state index in [1.807, 2.05) is 0 Å². The van der Waals surface area contributed by atoms with Crippen molar-refractivity contribution < 1.29 is 19.1 Å². The first-order valence-corrected chi connectivity index (χ1v) is 6.36. The number of aliphatic carboxylic acids is 1. The maximum Gasteiger partial charge on any atom is 0.328 e. The van der Waals surface area contributed by atoms with Crippen molar-refractivity contribution in [1.82, 2.24) is 0 Å². The highest BCUT2D eigenvalue weighted by Gasteiger charge is 2.07. The summed E-state index contributed by atoms with van der Waals surface area (Å²) in [5.74, 6) is -2.07. The average molecular weight is 305 g/mol. The Labute approximate surface area is 125 Å². The Morgan fingerprint density at radius 3 is 2.29 bits per heavy atom. The lowest BCUT2D eigenvalue weighted by Crippen LogP contribution is -1.96. The van der Waals surface area contributed by atoms with Gasteiger partial charge in [-0.15, -0.1) is 0 Å². The van der Waals surface area contributed by atoms with Gasteiger partial charge in [-0.1, -0.05) is 35.9 Å². The molecule has 0 aliphatic rings. The molecule has 0 fully saturated rings. The van der Waals surface area contributed by atoms with Gasteiger partial charge < -0.3 is 5.11 Å². The zero-order chi connectivity index (χ0) is 15.4. The van der Waals surface area contributed by atoms with Crippen LogP contribution in [0.25, 0.3) is 11.1 Å². The van der Waals surface area contributed by atoms with Crippen LogP contribution in [-0.4, -0.2) is 16.9 Å². The van der Waals surface area contributed by atoms with Crippen LogP contribution in [0.15, 0.2) is 54.6 Å². The predicted octanol–water partition coefficient (Wildman–Crippen LogP) is 3.97. The second-order valence-corrected chi connectivity index (χ2v) is 4.67. The zero-order valence-electron chi connectivity index (χ0n) is 10.7. The number of benzene rings is 2. The molecule has 0 saturated carbocycles. The normalized spacial score (nSPS) is 10.8. The van der Waals surface area contributed by atoms with Gasteiger partial charge in [-0.25, -0.2) is 9.18 Å². The van der Waals surface area contributed by atoms with Crippen LogP contribution < -0.4 is 0 Å². The molecule has 0 aromatic heterocycles. The van der Waals surface area contributed by atoms with Crippen LogP contribution in [0.3, 0.4) is 0 Å². The molecule has 2 aromatic carbocycles. The fourth-order valence-electron chi connectivity index (χ4n) is 1.78. The SMILES string of the molecule is O=C(O)C=CC(=O)c1ccc(-c2ccc(Cl)cc2F)cc1. The summed E-state index contributed by atoms with van der Waals surface area (Å²) in [6, 6.07) is 10.6. The van der Waals surface area contributed by atoms with Gasteiger partial charge in [0.2, 0.25) is 0 Å². The Morgan fingerprint density at radius 2 is 1.71 bits per heavy atom. The molecule has 21 heavy (non-hydrogen) atoms. The van der Waals surface area contributed by atoms with Gasteiger partial charge in [0.1, 0.15) is 5.82 Å². The molecular formula is C16H10ClFO3. The van der Waals surface area contributed by atoms with E-state index in [2.05, 4.69) is 0 Å². The van der Waals surface area contributed by atoms with Crippen LogP contribution in [0, 0.1) is 5.82 Å². The van der Waals surface area contributed by atoms with Crippen LogP contribution in [0.5, 0.6) is 0 Å². The molecule has 0 aliphatic heterocycles. The van der Waals surface area contributed by atoms with E-state index >= 15 is 0 Å². The van der Waals surface area contributed by atoms with Crippen molar-refractivity contribution in [3.63, 3.8) is 0 Å². The van der Waals surface area contributed by atoms with E-state index in [0.29, 0.717) is 21.7 Å². The number of carbonyl (C=O) groups is 2. The minimum atomic E-state index is -1.19. The smallest absolute Gasteiger partial charge is 0.328 e. The molecule has 0 spiro atoms. The Kier molecular flexibility index (Phi) is 4.50. The molecule has 0 unspecified atom stereocenters. The van der Waals surface area contributed by atoms with E-state index in [1.54, 1.807) is 24.3 Å². The molecule has 106 valence electrons. The molecule has 0 amide bonds. The summed E-state index contributed by atoms with van der Waals surface area (Å²) >= 11 is 5.69. The second kappa shape index (κ2) is 6.33. The Bertz CT molecular complexity index is 721. The summed E-state index contributed by atoms with van der Waals surface area (Å²) in [5.41, 5.74) is 1.30. The van der Waals surface area contributed by atoms with Gasteiger partial charge in [0.25, 0.3) is 0 Å². The quantitative estimate of drug-likeness (QED) is 0.687. The van der Waals surface area contributed by atoms with E-state index in [4.69, 9.17) is 16.7 Å². The lowest BCUT2D eigenvalue weighted by atomic mass is 10.0. The van der Waals surface area contributed by atoms with Gasteiger partial charge in [-0.3, -0.25) is 4.79 Å². The zero-order valence-corrected chi connectivity index (χ0v) is 11.5. The van der Waals surface area contributed by atoms with E-state index < -0.39 is 17.6 Å². The van der Waals surface area contributed by atoms with Gasteiger partial charge in [-0.2, -0.15) is 0 Å². The number of carbonyl (C=O) groups excluding carboxylic acids is 1. The van der Waals surface area contributed by atoms with Crippen molar-refractivity contribution in [2.24, 2.45) is 0 Å². The molecule has 3 nitrogen and oxygen atoms in total. The minimum absolute atomic E-state index is 0.307. The Morgan fingerprint density at radius 1 is 1.05 bits per heavy atom. The van der Waals surface area contributed by atoms with Gasteiger partial charge in [0.15, 0.2) is 5.78 Å². The van der Waals surface area contributed by atoms with Gasteiger partial charge in [0.05, 0.1) is 0 Å². The molecule has 0 radical (unpaired) electrons. The van der Waals surface area contributed by atoms with Crippen molar-refractivity contribution in [1.29, 1.82) is 0 Å². The molecule has 0 atom stereocenters. The summed E-state index contributed by atoms with van der Waals surface area (Å²) in [6.45, 7) is 0. The van der Waals surface area contributed by atoms with Gasteiger partial charge >= 0.3 is 5.97 Å². The van der Waals surface area contributed by atoms with Crippen molar-refractivity contribution in [2.75, 3.05) is 0 Å². The fourth-order valence-corrected chi connectivity index (χ4v) is 1.94. The lowest BCUT2D eigenvalue weighted by molar-refractivity contribution is -0.131. The molecule has 0 aliphatic carbocycles. The minimum Gasteiger partial charge on any atom is -0.478 e. The standard InChI is InChI=1S/C16H10ClFO3/c17-12-5-6-13(14(18)9-12)10-1-3-11(4-2-10)15(19)7-8-16(20)21/h1-9H,(H,20,21). The molecule has 0 bridgehead atoms. The second-order valence-electron chi connectivity index (χ2n) is 4.24. The molecule has 2 rings (SSSR count). The monoisotopic (exact) mass is 304 g/mol. The number of rotatable bonds is 4. The van der Waals surface area contributed by atoms with Crippen molar-refractivity contribution >= 4 is 23.4 Å². The summed E-state index contributed by atoms with van der Waals surface area (Å²) in [4.78, 5) is 22.0.